The molecule has 2 aromatic rings. The minimum Gasteiger partial charge on any atom is -0.363 e. The number of sulfonamides is 1. The van der Waals surface area contributed by atoms with Gasteiger partial charge in [-0.2, -0.15) is 0 Å². The number of H-pyrrole nitrogens is 1. The monoisotopic (exact) mass is 310 g/mol. The quantitative estimate of drug-likeness (QED) is 0.716. The summed E-state index contributed by atoms with van der Waals surface area (Å²) in [5, 5.41) is 7.81. The van der Waals surface area contributed by atoms with E-state index in [4.69, 9.17) is 5.73 Å². The maximum absolute atomic E-state index is 12.2. The zero-order chi connectivity index (χ0) is 15.5. The van der Waals surface area contributed by atoms with E-state index in [0.29, 0.717) is 18.5 Å². The van der Waals surface area contributed by atoms with Crippen molar-refractivity contribution in [2.24, 2.45) is 5.73 Å². The van der Waals surface area contributed by atoms with Crippen LogP contribution in [-0.2, 0) is 29.4 Å². The first-order valence-electron chi connectivity index (χ1n) is 6.62. The second-order valence-electron chi connectivity index (χ2n) is 4.41. The molecule has 0 aromatic carbocycles. The van der Waals surface area contributed by atoms with Crippen molar-refractivity contribution in [1.29, 1.82) is 0 Å². The Kier molecular flexibility index (Phi) is 4.53. The van der Waals surface area contributed by atoms with Gasteiger partial charge < -0.3 is 10.7 Å². The molecule has 0 unspecified atom stereocenters. The molecule has 0 atom stereocenters. The van der Waals surface area contributed by atoms with Gasteiger partial charge in [0, 0.05) is 18.4 Å². The summed E-state index contributed by atoms with van der Waals surface area (Å²) >= 11 is 0. The molecular formula is C12H18N6O2S. The molecule has 0 fully saturated rings. The van der Waals surface area contributed by atoms with Crippen molar-refractivity contribution >= 4 is 16.0 Å². The molecule has 4 N–H and O–H groups in total. The first-order chi connectivity index (χ1) is 10.00. The van der Waals surface area contributed by atoms with E-state index in [0.717, 1.165) is 11.4 Å². The topological polar surface area (TPSA) is 127 Å². The van der Waals surface area contributed by atoms with Crippen LogP contribution in [0.4, 0.5) is 5.95 Å². The van der Waals surface area contributed by atoms with Gasteiger partial charge >= 0.3 is 0 Å². The number of anilines is 1. The van der Waals surface area contributed by atoms with E-state index in [2.05, 4.69) is 24.9 Å². The lowest BCUT2D eigenvalue weighted by atomic mass is 10.2. The van der Waals surface area contributed by atoms with Crippen molar-refractivity contribution in [3.8, 4) is 0 Å². The zero-order valence-electron chi connectivity index (χ0n) is 11.9. The number of aromatic nitrogens is 4. The third-order valence-corrected chi connectivity index (χ3v) is 4.29. The van der Waals surface area contributed by atoms with Gasteiger partial charge in [-0.25, -0.2) is 18.1 Å². The maximum Gasteiger partial charge on any atom is 0.265 e. The molecule has 0 aliphatic heterocycles. The van der Waals surface area contributed by atoms with Gasteiger partial charge in [-0.15, -0.1) is 10.2 Å². The maximum atomic E-state index is 12.2. The van der Waals surface area contributed by atoms with Gasteiger partial charge in [0.2, 0.25) is 0 Å². The minimum absolute atomic E-state index is 0.0282. The fourth-order valence-electron chi connectivity index (χ4n) is 1.85. The molecule has 8 nitrogen and oxygen atoms in total. The zero-order valence-corrected chi connectivity index (χ0v) is 12.7. The summed E-state index contributed by atoms with van der Waals surface area (Å²) in [6.45, 7) is 4.11. The summed E-state index contributed by atoms with van der Waals surface area (Å²) in [6.07, 6.45) is 2.74. The molecular weight excluding hydrogens is 292 g/mol. The Morgan fingerprint density at radius 1 is 1.24 bits per heavy atom. The van der Waals surface area contributed by atoms with Crippen molar-refractivity contribution in [2.75, 3.05) is 4.72 Å². The summed E-state index contributed by atoms with van der Waals surface area (Å²) in [4.78, 5) is 7.08. The molecule has 0 saturated heterocycles. The average molecular weight is 310 g/mol. The molecule has 2 rings (SSSR count). The van der Waals surface area contributed by atoms with Crippen molar-refractivity contribution < 1.29 is 8.42 Å². The highest BCUT2D eigenvalue weighted by atomic mass is 32.2. The van der Waals surface area contributed by atoms with Crippen LogP contribution < -0.4 is 10.5 Å². The first kappa shape index (κ1) is 15.4. The fraction of sp³-hybridized carbons (Fsp3) is 0.417. The van der Waals surface area contributed by atoms with E-state index in [-0.39, 0.29) is 17.4 Å². The van der Waals surface area contributed by atoms with Gasteiger partial charge in [-0.3, -0.25) is 0 Å². The van der Waals surface area contributed by atoms with Gasteiger partial charge in [-0.05, 0) is 18.9 Å². The van der Waals surface area contributed by atoms with Crippen molar-refractivity contribution in [3.63, 3.8) is 0 Å². The number of nitrogens with two attached hydrogens (primary N) is 1. The highest BCUT2D eigenvalue weighted by Gasteiger charge is 2.18. The smallest absolute Gasteiger partial charge is 0.265 e. The molecule has 0 aliphatic rings. The molecule has 0 spiro atoms. The molecule has 2 heterocycles. The second-order valence-corrected chi connectivity index (χ2v) is 6.09. The van der Waals surface area contributed by atoms with Crippen LogP contribution in [-0.4, -0.2) is 28.6 Å². The Morgan fingerprint density at radius 2 is 1.95 bits per heavy atom. The minimum atomic E-state index is -3.75. The first-order valence-corrected chi connectivity index (χ1v) is 8.11. The predicted molar refractivity (Wildman–Crippen MR) is 78.1 cm³/mol. The Bertz CT molecular complexity index is 725. The van der Waals surface area contributed by atoms with Crippen LogP contribution in [0.3, 0.4) is 0 Å². The average Bonchev–Trinajstić information content (AvgIpc) is 2.96. The van der Waals surface area contributed by atoms with Gasteiger partial charge in [0.05, 0.1) is 11.4 Å². The largest absolute Gasteiger partial charge is 0.363 e. The van der Waals surface area contributed by atoms with Crippen LogP contribution in [0.1, 0.15) is 30.9 Å². The fourth-order valence-corrected chi connectivity index (χ4v) is 2.81. The number of rotatable bonds is 6. The van der Waals surface area contributed by atoms with Gasteiger partial charge in [0.25, 0.3) is 16.0 Å². The normalized spacial score (nSPS) is 11.6. The number of nitrogens with zero attached hydrogens (tertiary/aromatic N) is 3. The van der Waals surface area contributed by atoms with Crippen LogP contribution in [0.5, 0.6) is 0 Å². The number of hydrogen-bond acceptors (Lipinski definition) is 6. The lowest BCUT2D eigenvalue weighted by Crippen LogP contribution is -2.16. The molecule has 0 radical (unpaired) electrons. The number of nitrogens with one attached hydrogen (secondary N) is 2. The van der Waals surface area contributed by atoms with E-state index in [9.17, 15) is 8.42 Å². The van der Waals surface area contributed by atoms with E-state index < -0.39 is 10.0 Å². The lowest BCUT2D eigenvalue weighted by Gasteiger charge is -2.07. The van der Waals surface area contributed by atoms with Crippen LogP contribution in [0.25, 0.3) is 0 Å². The molecule has 114 valence electrons. The molecule has 0 bridgehead atoms. The SMILES string of the molecule is CCc1nnc(NS(=O)(=O)c2c[nH]c(CN)c2)nc1CC. The Labute approximate surface area is 123 Å². The van der Waals surface area contributed by atoms with Crippen molar-refractivity contribution in [2.45, 2.75) is 38.1 Å². The van der Waals surface area contributed by atoms with Crippen LogP contribution >= 0.6 is 0 Å². The molecule has 0 aliphatic carbocycles. The molecule has 21 heavy (non-hydrogen) atoms. The standard InChI is InChI=1S/C12H18N6O2S/c1-3-10-11(4-2)16-17-12(15-10)18-21(19,20)9-5-8(6-13)14-7-9/h5,7,14H,3-4,6,13H2,1-2H3,(H,15,17,18). The van der Waals surface area contributed by atoms with Gasteiger partial charge in [-0.1, -0.05) is 13.8 Å². The van der Waals surface area contributed by atoms with Gasteiger partial charge in [0.15, 0.2) is 0 Å². The third kappa shape index (κ3) is 3.37. The molecule has 9 heteroatoms. The summed E-state index contributed by atoms with van der Waals surface area (Å²) in [5.74, 6) is -0.0282. The number of aromatic amines is 1. The van der Waals surface area contributed by atoms with E-state index in [1.807, 2.05) is 13.8 Å². The molecule has 2 aromatic heterocycles. The lowest BCUT2D eigenvalue weighted by molar-refractivity contribution is 0.600. The summed E-state index contributed by atoms with van der Waals surface area (Å²) in [5.41, 5.74) is 7.59. The van der Waals surface area contributed by atoms with Crippen molar-refractivity contribution in [1.82, 2.24) is 20.2 Å². The summed E-state index contributed by atoms with van der Waals surface area (Å²) < 4.78 is 26.7. The predicted octanol–water partition coefficient (Wildman–Crippen LogP) is 0.584. The van der Waals surface area contributed by atoms with Gasteiger partial charge in [0.1, 0.15) is 4.90 Å². The third-order valence-electron chi connectivity index (χ3n) is 2.98. The van der Waals surface area contributed by atoms with E-state index in [1.54, 1.807) is 0 Å². The molecule has 0 amide bonds. The number of aryl methyl sites for hydroxylation is 2. The van der Waals surface area contributed by atoms with Crippen LogP contribution in [0, 0.1) is 0 Å². The Balaban J connectivity index is 2.28. The van der Waals surface area contributed by atoms with Crippen LogP contribution in [0.15, 0.2) is 17.2 Å². The highest BCUT2D eigenvalue weighted by molar-refractivity contribution is 7.92. The highest BCUT2D eigenvalue weighted by Crippen LogP contribution is 2.15. The summed E-state index contributed by atoms with van der Waals surface area (Å²) in [7, 11) is -3.75. The summed E-state index contributed by atoms with van der Waals surface area (Å²) in [6, 6.07) is 1.47. The number of hydrogen-bond donors (Lipinski definition) is 3. The Morgan fingerprint density at radius 3 is 2.52 bits per heavy atom. The van der Waals surface area contributed by atoms with Crippen LogP contribution in [0.2, 0.25) is 0 Å². The van der Waals surface area contributed by atoms with E-state index in [1.165, 1.54) is 12.3 Å². The van der Waals surface area contributed by atoms with Crippen molar-refractivity contribution in [3.05, 3.63) is 29.3 Å². The second kappa shape index (κ2) is 6.19. The Hall–Kier alpha value is -2.00. The molecule has 0 saturated carbocycles. The van der Waals surface area contributed by atoms with E-state index >= 15 is 0 Å².